The quantitative estimate of drug-likeness (QED) is 0.696. The van der Waals surface area contributed by atoms with E-state index in [1.165, 1.54) is 11.0 Å². The number of carbonyl (C=O) groups is 1. The Balaban J connectivity index is 1.51. The van der Waals surface area contributed by atoms with Gasteiger partial charge >= 0.3 is 0 Å². The molecule has 1 heterocycles. The van der Waals surface area contributed by atoms with Gasteiger partial charge < -0.3 is 14.8 Å². The topological polar surface area (TPSA) is 91.2 Å². The number of nitrogens with zero attached hydrogens (tertiary/aromatic N) is 4. The summed E-state index contributed by atoms with van der Waals surface area (Å²) in [6, 6.07) is 14.7. The maximum Gasteiger partial charge on any atom is 0.261 e. The Morgan fingerprint density at radius 1 is 1.12 bits per heavy atom. The van der Waals surface area contributed by atoms with Crippen LogP contribution in [-0.2, 0) is 11.3 Å². The molecule has 0 unspecified atom stereocenters. The van der Waals surface area contributed by atoms with Gasteiger partial charge in [0.15, 0.2) is 6.10 Å². The molecule has 0 bridgehead atoms. The second-order valence-corrected chi connectivity index (χ2v) is 5.57. The number of aromatic nitrogens is 4. The molecule has 134 valence electrons. The van der Waals surface area contributed by atoms with Gasteiger partial charge in [0.05, 0.1) is 12.8 Å². The molecule has 0 saturated heterocycles. The van der Waals surface area contributed by atoms with Crippen molar-refractivity contribution in [2.45, 2.75) is 19.6 Å². The number of amides is 1. The van der Waals surface area contributed by atoms with Gasteiger partial charge in [-0.15, -0.1) is 5.10 Å². The van der Waals surface area contributed by atoms with Crippen molar-refractivity contribution >= 4 is 5.91 Å². The lowest BCUT2D eigenvalue weighted by Crippen LogP contribution is -2.35. The molecule has 3 aromatic rings. The molecule has 26 heavy (non-hydrogen) atoms. The number of ether oxygens (including phenoxy) is 2. The van der Waals surface area contributed by atoms with Gasteiger partial charge in [0.1, 0.15) is 17.8 Å². The van der Waals surface area contributed by atoms with Crippen LogP contribution in [-0.4, -0.2) is 39.3 Å². The van der Waals surface area contributed by atoms with E-state index in [-0.39, 0.29) is 5.91 Å². The van der Waals surface area contributed by atoms with Crippen LogP contribution in [0.3, 0.4) is 0 Å². The first-order valence-electron chi connectivity index (χ1n) is 8.06. The minimum absolute atomic E-state index is 0.189. The molecule has 1 N–H and O–H groups in total. The minimum Gasteiger partial charge on any atom is -0.497 e. The van der Waals surface area contributed by atoms with Gasteiger partial charge in [-0.2, -0.15) is 0 Å². The van der Waals surface area contributed by atoms with Gasteiger partial charge in [0.25, 0.3) is 5.91 Å². The van der Waals surface area contributed by atoms with E-state index in [9.17, 15) is 4.79 Å². The van der Waals surface area contributed by atoms with Crippen LogP contribution in [0, 0.1) is 0 Å². The fraction of sp³-hybridized carbons (Fsp3) is 0.222. The Morgan fingerprint density at radius 2 is 1.81 bits per heavy atom. The van der Waals surface area contributed by atoms with Crippen LogP contribution in [0.5, 0.6) is 11.5 Å². The largest absolute Gasteiger partial charge is 0.497 e. The van der Waals surface area contributed by atoms with Crippen LogP contribution >= 0.6 is 0 Å². The average Bonchev–Trinajstić information content (AvgIpc) is 3.22. The predicted molar refractivity (Wildman–Crippen MR) is 94.1 cm³/mol. The molecule has 0 fully saturated rings. The van der Waals surface area contributed by atoms with Gasteiger partial charge in [-0.25, -0.2) is 4.68 Å². The standard InChI is InChI=1S/C18H19N5O3/c1-13(18(24)19-11-14-3-7-16(25-2)8-4-14)26-17-9-5-15(6-10-17)23-12-20-21-22-23/h3-10,12-13H,11H2,1-2H3,(H,19,24)/t13-/m1/s1. The first-order chi connectivity index (χ1) is 12.7. The van der Waals surface area contributed by atoms with Gasteiger partial charge in [-0.3, -0.25) is 4.79 Å². The lowest BCUT2D eigenvalue weighted by atomic mass is 10.2. The molecular weight excluding hydrogens is 334 g/mol. The normalized spacial score (nSPS) is 11.6. The fourth-order valence-corrected chi connectivity index (χ4v) is 2.29. The van der Waals surface area contributed by atoms with Crippen molar-refractivity contribution in [3.8, 4) is 17.2 Å². The predicted octanol–water partition coefficient (Wildman–Crippen LogP) is 1.75. The number of rotatable bonds is 7. The zero-order valence-electron chi connectivity index (χ0n) is 14.5. The summed E-state index contributed by atoms with van der Waals surface area (Å²) in [6.07, 6.45) is 0.887. The molecule has 0 spiro atoms. The summed E-state index contributed by atoms with van der Waals surface area (Å²) in [7, 11) is 1.62. The third-order valence-corrected chi connectivity index (χ3v) is 3.76. The van der Waals surface area contributed by atoms with E-state index in [0.717, 1.165) is 17.0 Å². The molecule has 1 amide bonds. The molecule has 0 aliphatic heterocycles. The smallest absolute Gasteiger partial charge is 0.261 e. The van der Waals surface area contributed by atoms with Gasteiger partial charge in [0.2, 0.25) is 0 Å². The Labute approximate surface area is 150 Å². The highest BCUT2D eigenvalue weighted by Gasteiger charge is 2.14. The zero-order valence-corrected chi connectivity index (χ0v) is 14.5. The van der Waals surface area contributed by atoms with Crippen molar-refractivity contribution in [2.75, 3.05) is 7.11 Å². The zero-order chi connectivity index (χ0) is 18.4. The molecule has 8 nitrogen and oxygen atoms in total. The van der Waals surface area contributed by atoms with E-state index < -0.39 is 6.10 Å². The highest BCUT2D eigenvalue weighted by molar-refractivity contribution is 5.80. The molecule has 0 saturated carbocycles. The van der Waals surface area contributed by atoms with Crippen LogP contribution in [0.1, 0.15) is 12.5 Å². The van der Waals surface area contributed by atoms with E-state index in [1.54, 1.807) is 26.2 Å². The molecule has 1 atom stereocenters. The number of hydrogen-bond donors (Lipinski definition) is 1. The third-order valence-electron chi connectivity index (χ3n) is 3.76. The summed E-state index contributed by atoms with van der Waals surface area (Å²) in [5.74, 6) is 1.18. The van der Waals surface area contributed by atoms with Crippen molar-refractivity contribution in [3.63, 3.8) is 0 Å². The summed E-state index contributed by atoms with van der Waals surface area (Å²) >= 11 is 0. The first kappa shape index (κ1) is 17.4. The van der Waals surface area contributed by atoms with Crippen LogP contribution in [0.15, 0.2) is 54.9 Å². The summed E-state index contributed by atoms with van der Waals surface area (Å²) in [6.45, 7) is 2.13. The van der Waals surface area contributed by atoms with Crippen molar-refractivity contribution in [1.82, 2.24) is 25.5 Å². The Hall–Kier alpha value is -3.42. The lowest BCUT2D eigenvalue weighted by Gasteiger charge is -2.15. The highest BCUT2D eigenvalue weighted by atomic mass is 16.5. The summed E-state index contributed by atoms with van der Waals surface area (Å²) in [5, 5.41) is 13.8. The summed E-state index contributed by atoms with van der Waals surface area (Å²) in [5.41, 5.74) is 1.79. The van der Waals surface area contributed by atoms with E-state index in [1.807, 2.05) is 36.4 Å². The Bertz CT molecular complexity index is 832. The highest BCUT2D eigenvalue weighted by Crippen LogP contribution is 2.16. The first-order valence-corrected chi connectivity index (χ1v) is 8.06. The minimum atomic E-state index is -0.618. The van der Waals surface area contributed by atoms with Gasteiger partial charge in [0, 0.05) is 6.54 Å². The third kappa shape index (κ3) is 4.35. The van der Waals surface area contributed by atoms with E-state index in [0.29, 0.717) is 12.3 Å². The lowest BCUT2D eigenvalue weighted by molar-refractivity contribution is -0.127. The number of tetrazole rings is 1. The molecule has 8 heteroatoms. The molecular formula is C18H19N5O3. The van der Waals surface area contributed by atoms with E-state index >= 15 is 0 Å². The van der Waals surface area contributed by atoms with Crippen molar-refractivity contribution in [1.29, 1.82) is 0 Å². The second-order valence-electron chi connectivity index (χ2n) is 5.57. The van der Waals surface area contributed by atoms with E-state index in [2.05, 4.69) is 20.8 Å². The molecule has 3 rings (SSSR count). The Kier molecular flexibility index (Phi) is 5.43. The van der Waals surface area contributed by atoms with Crippen LogP contribution in [0.2, 0.25) is 0 Å². The summed E-state index contributed by atoms with van der Waals surface area (Å²) < 4.78 is 12.3. The van der Waals surface area contributed by atoms with Crippen LogP contribution in [0.25, 0.3) is 5.69 Å². The van der Waals surface area contributed by atoms with Crippen molar-refractivity contribution in [2.24, 2.45) is 0 Å². The van der Waals surface area contributed by atoms with Crippen molar-refractivity contribution < 1.29 is 14.3 Å². The maximum absolute atomic E-state index is 12.2. The number of benzene rings is 2. The molecule has 2 aromatic carbocycles. The summed E-state index contributed by atoms with van der Waals surface area (Å²) in [4.78, 5) is 12.2. The Morgan fingerprint density at radius 3 is 2.42 bits per heavy atom. The number of methoxy groups -OCH3 is 1. The molecule has 0 radical (unpaired) electrons. The molecule has 0 aliphatic rings. The molecule has 1 aromatic heterocycles. The monoisotopic (exact) mass is 353 g/mol. The second kappa shape index (κ2) is 8.11. The van der Waals surface area contributed by atoms with Crippen LogP contribution < -0.4 is 14.8 Å². The van der Waals surface area contributed by atoms with Gasteiger partial charge in [-0.1, -0.05) is 12.1 Å². The van der Waals surface area contributed by atoms with Crippen molar-refractivity contribution in [3.05, 3.63) is 60.4 Å². The van der Waals surface area contributed by atoms with E-state index in [4.69, 9.17) is 9.47 Å². The maximum atomic E-state index is 12.2. The average molecular weight is 353 g/mol. The van der Waals surface area contributed by atoms with Crippen LogP contribution in [0.4, 0.5) is 0 Å². The fourth-order valence-electron chi connectivity index (χ4n) is 2.29. The van der Waals surface area contributed by atoms with Gasteiger partial charge in [-0.05, 0) is 59.3 Å². The number of nitrogens with one attached hydrogen (secondary N) is 1. The number of hydrogen-bond acceptors (Lipinski definition) is 6. The molecule has 0 aliphatic carbocycles. The SMILES string of the molecule is COc1ccc(CNC(=O)[C@@H](C)Oc2ccc(-n3cnnn3)cc2)cc1. The number of carbonyl (C=O) groups excluding carboxylic acids is 1.